The van der Waals surface area contributed by atoms with Crippen LogP contribution in [-0.4, -0.2) is 19.8 Å². The third-order valence-electron chi connectivity index (χ3n) is 2.12. The predicted molar refractivity (Wildman–Crippen MR) is 70.7 cm³/mol. The lowest BCUT2D eigenvalue weighted by Crippen LogP contribution is -2.12. The number of nitrogens with one attached hydrogen (secondary N) is 1. The molecule has 0 amide bonds. The van der Waals surface area contributed by atoms with Crippen molar-refractivity contribution in [1.82, 2.24) is 0 Å². The van der Waals surface area contributed by atoms with Crippen molar-refractivity contribution in [2.45, 2.75) is 19.6 Å². The number of aliphatic hydroxyl groups excluding tert-OH is 1. The zero-order valence-electron chi connectivity index (χ0n) is 9.67. The number of rotatable bonds is 4. The van der Waals surface area contributed by atoms with Gasteiger partial charge in [0.1, 0.15) is 0 Å². The molecule has 0 aliphatic carbocycles. The minimum atomic E-state index is -3.34. The van der Waals surface area contributed by atoms with Crippen LogP contribution in [-0.2, 0) is 16.6 Å². The van der Waals surface area contributed by atoms with Crippen LogP contribution in [0, 0.1) is 0 Å². The summed E-state index contributed by atoms with van der Waals surface area (Å²) >= 11 is 0. The van der Waals surface area contributed by atoms with Crippen LogP contribution in [0.25, 0.3) is 0 Å². The van der Waals surface area contributed by atoms with E-state index < -0.39 is 10.0 Å². The summed E-state index contributed by atoms with van der Waals surface area (Å²) in [4.78, 5) is 0. The number of hydrogen-bond acceptors (Lipinski definition) is 4. The van der Waals surface area contributed by atoms with Gasteiger partial charge in [-0.3, -0.25) is 4.72 Å². The molecule has 0 fully saturated rings. The topological polar surface area (TPSA) is 92.4 Å². The Balaban J connectivity index is 0.00000256. The molecule has 1 aromatic rings. The Kier molecular flexibility index (Phi) is 5.91. The summed E-state index contributed by atoms with van der Waals surface area (Å²) in [5.74, 6) is 0. The van der Waals surface area contributed by atoms with E-state index in [1.54, 1.807) is 18.2 Å². The van der Waals surface area contributed by atoms with Crippen LogP contribution in [0.5, 0.6) is 0 Å². The maximum absolute atomic E-state index is 11.1. The summed E-state index contributed by atoms with van der Waals surface area (Å²) in [5.41, 5.74) is 7.44. The third kappa shape index (κ3) is 4.91. The standard InChI is InChI=1S/C10H16N2O3S.ClH/c1-7(11)8-3-4-10(9(5-8)6-13)12-16(2,14)15;/h3-5,7,12-13H,6,11H2,1-2H3;1H/t7-;/m1./s1. The fourth-order valence-electron chi connectivity index (χ4n) is 1.33. The van der Waals surface area contributed by atoms with Crippen LogP contribution in [0.4, 0.5) is 5.69 Å². The van der Waals surface area contributed by atoms with Gasteiger partial charge in [0.15, 0.2) is 0 Å². The molecular weight excluding hydrogens is 264 g/mol. The molecule has 1 rings (SSSR count). The fraction of sp³-hybridized carbons (Fsp3) is 0.400. The Hall–Kier alpha value is -0.820. The van der Waals surface area contributed by atoms with Gasteiger partial charge in [0, 0.05) is 11.6 Å². The average Bonchev–Trinajstić information content (AvgIpc) is 2.15. The van der Waals surface area contributed by atoms with Gasteiger partial charge in [-0.15, -0.1) is 12.4 Å². The highest BCUT2D eigenvalue weighted by molar-refractivity contribution is 7.92. The Morgan fingerprint density at radius 2 is 2.06 bits per heavy atom. The molecule has 5 nitrogen and oxygen atoms in total. The van der Waals surface area contributed by atoms with Gasteiger partial charge >= 0.3 is 0 Å². The number of nitrogens with two attached hydrogens (primary N) is 1. The van der Waals surface area contributed by atoms with Crippen molar-refractivity contribution in [3.05, 3.63) is 29.3 Å². The van der Waals surface area contributed by atoms with E-state index in [2.05, 4.69) is 4.72 Å². The Morgan fingerprint density at radius 1 is 1.47 bits per heavy atom. The lowest BCUT2D eigenvalue weighted by molar-refractivity contribution is 0.282. The summed E-state index contributed by atoms with van der Waals surface area (Å²) in [6.07, 6.45) is 1.06. The molecule has 4 N–H and O–H groups in total. The number of anilines is 1. The van der Waals surface area contributed by atoms with E-state index in [9.17, 15) is 8.42 Å². The minimum Gasteiger partial charge on any atom is -0.392 e. The molecule has 0 aliphatic rings. The van der Waals surface area contributed by atoms with E-state index >= 15 is 0 Å². The monoisotopic (exact) mass is 280 g/mol. The van der Waals surface area contributed by atoms with Gasteiger partial charge in [-0.1, -0.05) is 6.07 Å². The molecule has 1 atom stereocenters. The van der Waals surface area contributed by atoms with Crippen molar-refractivity contribution in [3.8, 4) is 0 Å². The first-order chi connectivity index (χ1) is 7.33. The molecule has 0 heterocycles. The molecule has 0 saturated carbocycles. The largest absolute Gasteiger partial charge is 0.392 e. The molecule has 0 aromatic heterocycles. The summed E-state index contributed by atoms with van der Waals surface area (Å²) < 4.78 is 24.5. The van der Waals surface area contributed by atoms with Crippen molar-refractivity contribution in [2.24, 2.45) is 5.73 Å². The predicted octanol–water partition coefficient (Wildman–Crippen LogP) is 0.992. The Bertz CT molecular complexity index is 474. The van der Waals surface area contributed by atoms with Crippen molar-refractivity contribution in [3.63, 3.8) is 0 Å². The summed E-state index contributed by atoms with van der Waals surface area (Å²) in [6, 6.07) is 4.87. The molecule has 98 valence electrons. The lowest BCUT2D eigenvalue weighted by atomic mass is 10.0. The normalized spacial score (nSPS) is 12.7. The molecule has 0 unspecified atom stereocenters. The number of halogens is 1. The van der Waals surface area contributed by atoms with E-state index in [0.29, 0.717) is 11.3 Å². The van der Waals surface area contributed by atoms with Gasteiger partial charge in [-0.25, -0.2) is 8.42 Å². The van der Waals surface area contributed by atoms with Crippen molar-refractivity contribution in [1.29, 1.82) is 0 Å². The zero-order chi connectivity index (χ0) is 12.3. The van der Waals surface area contributed by atoms with Crippen LogP contribution >= 0.6 is 12.4 Å². The second-order valence-corrected chi connectivity index (χ2v) is 5.49. The van der Waals surface area contributed by atoms with Crippen molar-refractivity contribution >= 4 is 28.1 Å². The van der Waals surface area contributed by atoms with E-state index in [1.807, 2.05) is 6.92 Å². The number of hydrogen-bond donors (Lipinski definition) is 3. The van der Waals surface area contributed by atoms with Gasteiger partial charge < -0.3 is 10.8 Å². The van der Waals surface area contributed by atoms with Gasteiger partial charge in [-0.05, 0) is 24.6 Å². The van der Waals surface area contributed by atoms with Gasteiger partial charge in [0.25, 0.3) is 0 Å². The maximum atomic E-state index is 11.1. The molecule has 0 spiro atoms. The Labute approximate surface area is 107 Å². The first kappa shape index (κ1) is 16.2. The van der Waals surface area contributed by atoms with Crippen LogP contribution in [0.3, 0.4) is 0 Å². The van der Waals surface area contributed by atoms with E-state index in [0.717, 1.165) is 11.8 Å². The maximum Gasteiger partial charge on any atom is 0.229 e. The second-order valence-electron chi connectivity index (χ2n) is 3.74. The molecular formula is C10H17ClN2O3S. The fourth-order valence-corrected chi connectivity index (χ4v) is 1.93. The molecule has 0 saturated heterocycles. The SMILES string of the molecule is C[C@@H](N)c1ccc(NS(C)(=O)=O)c(CO)c1.Cl. The number of benzene rings is 1. The Morgan fingerprint density at radius 3 is 2.47 bits per heavy atom. The zero-order valence-corrected chi connectivity index (χ0v) is 11.3. The van der Waals surface area contributed by atoms with Crippen molar-refractivity contribution in [2.75, 3.05) is 11.0 Å². The molecule has 0 aliphatic heterocycles. The average molecular weight is 281 g/mol. The lowest BCUT2D eigenvalue weighted by Gasteiger charge is -2.12. The summed E-state index contributed by atoms with van der Waals surface area (Å²) in [5, 5.41) is 9.15. The van der Waals surface area contributed by atoms with Crippen LogP contribution in [0.15, 0.2) is 18.2 Å². The molecule has 7 heteroatoms. The van der Waals surface area contributed by atoms with Gasteiger partial charge in [-0.2, -0.15) is 0 Å². The number of sulfonamides is 1. The van der Waals surface area contributed by atoms with E-state index in [1.165, 1.54) is 0 Å². The second kappa shape index (κ2) is 6.20. The molecule has 1 aromatic carbocycles. The quantitative estimate of drug-likeness (QED) is 0.767. The van der Waals surface area contributed by atoms with E-state index in [-0.39, 0.29) is 25.1 Å². The summed E-state index contributed by atoms with van der Waals surface area (Å²) in [7, 11) is -3.34. The van der Waals surface area contributed by atoms with E-state index in [4.69, 9.17) is 10.8 Å². The number of aliphatic hydroxyl groups is 1. The van der Waals surface area contributed by atoms with Gasteiger partial charge in [0.05, 0.1) is 18.6 Å². The highest BCUT2D eigenvalue weighted by Gasteiger charge is 2.09. The van der Waals surface area contributed by atoms with Gasteiger partial charge in [0.2, 0.25) is 10.0 Å². The van der Waals surface area contributed by atoms with Crippen LogP contribution in [0.2, 0.25) is 0 Å². The first-order valence-corrected chi connectivity index (χ1v) is 6.69. The highest BCUT2D eigenvalue weighted by Crippen LogP contribution is 2.21. The minimum absolute atomic E-state index is 0. The van der Waals surface area contributed by atoms with Crippen LogP contribution in [0.1, 0.15) is 24.1 Å². The smallest absolute Gasteiger partial charge is 0.229 e. The molecule has 0 radical (unpaired) electrons. The third-order valence-corrected chi connectivity index (χ3v) is 2.71. The first-order valence-electron chi connectivity index (χ1n) is 4.80. The van der Waals surface area contributed by atoms with Crippen molar-refractivity contribution < 1.29 is 13.5 Å². The highest BCUT2D eigenvalue weighted by atomic mass is 35.5. The summed E-state index contributed by atoms with van der Waals surface area (Å²) in [6.45, 7) is 1.58. The molecule has 0 bridgehead atoms. The van der Waals surface area contributed by atoms with Crippen LogP contribution < -0.4 is 10.5 Å². The molecule has 17 heavy (non-hydrogen) atoms.